The van der Waals surface area contributed by atoms with Crippen LogP contribution in [0.25, 0.3) is 0 Å². The molecule has 0 fully saturated rings. The Morgan fingerprint density at radius 3 is 2.86 bits per heavy atom. The molecule has 0 spiro atoms. The number of hydrogen-bond donors (Lipinski definition) is 1. The van der Waals surface area contributed by atoms with Crippen molar-refractivity contribution in [3.63, 3.8) is 0 Å². The minimum absolute atomic E-state index is 0.318. The summed E-state index contributed by atoms with van der Waals surface area (Å²) in [6.45, 7) is 0.565. The second kappa shape index (κ2) is 5.46. The van der Waals surface area contributed by atoms with Gasteiger partial charge in [-0.1, -0.05) is 0 Å². The molecule has 0 aromatic heterocycles. The summed E-state index contributed by atoms with van der Waals surface area (Å²) in [4.78, 5) is 0. The van der Waals surface area contributed by atoms with Crippen molar-refractivity contribution in [1.29, 1.82) is 0 Å². The molecule has 1 aromatic carbocycles. The van der Waals surface area contributed by atoms with Gasteiger partial charge in [-0.25, -0.2) is 4.39 Å². The van der Waals surface area contributed by atoms with Crippen LogP contribution in [0.4, 0.5) is 10.1 Å². The van der Waals surface area contributed by atoms with Crippen molar-refractivity contribution in [1.82, 2.24) is 0 Å². The average molecular weight is 280 g/mol. The molecule has 1 aromatic rings. The molecule has 0 aliphatic heterocycles. The van der Waals surface area contributed by atoms with Crippen LogP contribution in [0.2, 0.25) is 0 Å². The summed E-state index contributed by atoms with van der Waals surface area (Å²) in [5, 5.41) is 0. The van der Waals surface area contributed by atoms with E-state index < -0.39 is 0 Å². The highest BCUT2D eigenvalue weighted by atomic mass is 79.9. The maximum atomic E-state index is 12.8. The number of thioether (sulfide) groups is 1. The average Bonchev–Trinajstić information content (AvgIpc) is 2.09. The molecule has 0 saturated carbocycles. The third-order valence-electron chi connectivity index (χ3n) is 1.57. The van der Waals surface area contributed by atoms with Crippen molar-refractivity contribution in [2.24, 2.45) is 0 Å². The van der Waals surface area contributed by atoms with Crippen molar-refractivity contribution >= 4 is 33.4 Å². The zero-order valence-corrected chi connectivity index (χ0v) is 10.1. The standard InChI is InChI=1S/C9H11BrFNOS/c1-14-3-2-13-9-7(10)4-6(11)5-8(9)12/h4-5H,2-3,12H2,1H3. The number of rotatable bonds is 4. The van der Waals surface area contributed by atoms with Crippen molar-refractivity contribution < 1.29 is 9.13 Å². The third kappa shape index (κ3) is 3.06. The van der Waals surface area contributed by atoms with Crippen LogP contribution in [0.5, 0.6) is 5.75 Å². The first-order valence-corrected chi connectivity index (χ1v) is 6.20. The molecule has 0 atom stereocenters. The largest absolute Gasteiger partial charge is 0.489 e. The Bertz CT molecular complexity index is 299. The Kier molecular flexibility index (Phi) is 4.54. The minimum atomic E-state index is -0.369. The van der Waals surface area contributed by atoms with Crippen LogP contribution in [-0.4, -0.2) is 18.6 Å². The molecule has 78 valence electrons. The van der Waals surface area contributed by atoms with Crippen LogP contribution >= 0.6 is 27.7 Å². The summed E-state index contributed by atoms with van der Waals surface area (Å²) in [5.74, 6) is 1.02. The molecular formula is C9H11BrFNOS. The highest BCUT2D eigenvalue weighted by Gasteiger charge is 2.07. The van der Waals surface area contributed by atoms with E-state index in [9.17, 15) is 4.39 Å². The fourth-order valence-corrected chi connectivity index (χ4v) is 1.77. The van der Waals surface area contributed by atoms with Crippen LogP contribution in [0.15, 0.2) is 16.6 Å². The van der Waals surface area contributed by atoms with Crippen molar-refractivity contribution in [3.05, 3.63) is 22.4 Å². The first-order chi connectivity index (χ1) is 6.65. The maximum absolute atomic E-state index is 12.8. The molecule has 0 amide bonds. The van der Waals surface area contributed by atoms with Gasteiger partial charge >= 0.3 is 0 Å². The number of anilines is 1. The Hall–Kier alpha value is -0.420. The van der Waals surface area contributed by atoms with Gasteiger partial charge in [-0.2, -0.15) is 11.8 Å². The van der Waals surface area contributed by atoms with E-state index in [4.69, 9.17) is 10.5 Å². The van der Waals surface area contributed by atoms with Gasteiger partial charge in [-0.3, -0.25) is 0 Å². The fourth-order valence-electron chi connectivity index (χ4n) is 0.960. The van der Waals surface area contributed by atoms with Gasteiger partial charge in [0, 0.05) is 11.8 Å². The molecule has 0 radical (unpaired) electrons. The molecule has 14 heavy (non-hydrogen) atoms. The van der Waals surface area contributed by atoms with Crippen LogP contribution in [0.3, 0.4) is 0 Å². The second-order valence-corrected chi connectivity index (χ2v) is 4.49. The Morgan fingerprint density at radius 1 is 1.57 bits per heavy atom. The Labute approximate surface area is 95.1 Å². The number of hydrogen-bond acceptors (Lipinski definition) is 3. The lowest BCUT2D eigenvalue weighted by Crippen LogP contribution is -2.03. The predicted molar refractivity (Wildman–Crippen MR) is 62.4 cm³/mol. The van der Waals surface area contributed by atoms with E-state index in [0.717, 1.165) is 5.75 Å². The number of ether oxygens (including phenoxy) is 1. The third-order valence-corrected chi connectivity index (χ3v) is 2.73. The summed E-state index contributed by atoms with van der Waals surface area (Å²) in [5.41, 5.74) is 5.92. The zero-order valence-electron chi connectivity index (χ0n) is 7.72. The number of halogens is 2. The molecule has 2 N–H and O–H groups in total. The van der Waals surface area contributed by atoms with Crippen LogP contribution in [0.1, 0.15) is 0 Å². The van der Waals surface area contributed by atoms with Crippen molar-refractivity contribution in [2.45, 2.75) is 0 Å². The van der Waals surface area contributed by atoms with Crippen molar-refractivity contribution in [3.8, 4) is 5.75 Å². The lowest BCUT2D eigenvalue weighted by molar-refractivity contribution is 0.343. The van der Waals surface area contributed by atoms with Crippen LogP contribution < -0.4 is 10.5 Å². The molecule has 0 bridgehead atoms. The van der Waals surface area contributed by atoms with E-state index in [-0.39, 0.29) is 5.82 Å². The van der Waals surface area contributed by atoms with Gasteiger partial charge in [0.15, 0.2) is 5.75 Å². The summed E-state index contributed by atoms with van der Waals surface area (Å²) in [6, 6.07) is 2.59. The summed E-state index contributed by atoms with van der Waals surface area (Å²) >= 11 is 4.88. The molecule has 5 heteroatoms. The molecule has 0 unspecified atom stereocenters. The quantitative estimate of drug-likeness (QED) is 0.680. The van der Waals surface area contributed by atoms with E-state index in [1.54, 1.807) is 11.8 Å². The highest BCUT2D eigenvalue weighted by molar-refractivity contribution is 9.10. The van der Waals surface area contributed by atoms with E-state index in [2.05, 4.69) is 15.9 Å². The monoisotopic (exact) mass is 279 g/mol. The number of nitrogens with two attached hydrogens (primary N) is 1. The number of nitrogen functional groups attached to an aromatic ring is 1. The lowest BCUT2D eigenvalue weighted by Gasteiger charge is -2.10. The fraction of sp³-hybridized carbons (Fsp3) is 0.333. The molecule has 0 heterocycles. The number of benzene rings is 1. The van der Waals surface area contributed by atoms with E-state index in [1.165, 1.54) is 12.1 Å². The normalized spacial score (nSPS) is 10.2. The van der Waals surface area contributed by atoms with Gasteiger partial charge in [0.25, 0.3) is 0 Å². The smallest absolute Gasteiger partial charge is 0.156 e. The van der Waals surface area contributed by atoms with E-state index in [0.29, 0.717) is 22.5 Å². The van der Waals surface area contributed by atoms with Gasteiger partial charge in [-0.15, -0.1) is 0 Å². The molecule has 0 saturated heterocycles. The summed E-state index contributed by atoms with van der Waals surface area (Å²) in [6.07, 6.45) is 1.99. The first kappa shape index (κ1) is 11.7. The zero-order chi connectivity index (χ0) is 10.6. The van der Waals surface area contributed by atoms with Crippen molar-refractivity contribution in [2.75, 3.05) is 24.3 Å². The molecule has 1 rings (SSSR count). The van der Waals surface area contributed by atoms with Crippen LogP contribution in [-0.2, 0) is 0 Å². The van der Waals surface area contributed by atoms with Gasteiger partial charge in [0.1, 0.15) is 5.82 Å². The maximum Gasteiger partial charge on any atom is 0.156 e. The SMILES string of the molecule is CSCCOc1c(N)cc(F)cc1Br. The highest BCUT2D eigenvalue weighted by Crippen LogP contribution is 2.32. The van der Waals surface area contributed by atoms with Gasteiger partial charge in [-0.05, 0) is 28.3 Å². The lowest BCUT2D eigenvalue weighted by atomic mass is 10.3. The summed E-state index contributed by atoms with van der Waals surface area (Å²) in [7, 11) is 0. The molecule has 2 nitrogen and oxygen atoms in total. The minimum Gasteiger partial charge on any atom is -0.489 e. The van der Waals surface area contributed by atoms with Gasteiger partial charge < -0.3 is 10.5 Å². The first-order valence-electron chi connectivity index (χ1n) is 4.01. The Balaban J connectivity index is 2.75. The molecule has 0 aliphatic carbocycles. The molecule has 0 aliphatic rings. The predicted octanol–water partition coefficient (Wildman–Crippen LogP) is 2.91. The Morgan fingerprint density at radius 2 is 2.29 bits per heavy atom. The second-order valence-electron chi connectivity index (χ2n) is 2.65. The van der Waals surface area contributed by atoms with Gasteiger partial charge in [0.2, 0.25) is 0 Å². The van der Waals surface area contributed by atoms with E-state index in [1.807, 2.05) is 6.26 Å². The van der Waals surface area contributed by atoms with E-state index >= 15 is 0 Å². The topological polar surface area (TPSA) is 35.2 Å². The molecular weight excluding hydrogens is 269 g/mol. The summed E-state index contributed by atoms with van der Waals surface area (Å²) < 4.78 is 18.8. The van der Waals surface area contributed by atoms with Gasteiger partial charge in [0.05, 0.1) is 16.8 Å². The van der Waals surface area contributed by atoms with Crippen LogP contribution in [0, 0.1) is 5.82 Å².